The molecule has 0 N–H and O–H groups in total. The molecule has 1 atom stereocenters. The number of pyridine rings is 1. The second kappa shape index (κ2) is 8.58. The minimum atomic E-state index is 0.512. The standard InChI is InChI=1S/C21H26N4/c1-3-18(2)24(15-19-8-6-11-22-14-19)16-20-9-4-5-10-21(20)17-25-13-7-12-23-25/h4-14,18H,3,15-17H2,1-2H3/t18-/m1/s1. The van der Waals surface area contributed by atoms with Crippen LogP contribution in [0, 0.1) is 0 Å². The molecule has 0 aliphatic rings. The van der Waals surface area contributed by atoms with Crippen LogP contribution >= 0.6 is 0 Å². The SMILES string of the molecule is CC[C@@H](C)N(Cc1cccnc1)Cc1ccccc1Cn1cccn1. The van der Waals surface area contributed by atoms with Crippen molar-refractivity contribution >= 4 is 0 Å². The molecule has 0 fully saturated rings. The van der Waals surface area contributed by atoms with Crippen LogP contribution in [0.2, 0.25) is 0 Å². The van der Waals surface area contributed by atoms with E-state index in [4.69, 9.17) is 0 Å². The topological polar surface area (TPSA) is 34.0 Å². The van der Waals surface area contributed by atoms with Crippen LogP contribution in [0.5, 0.6) is 0 Å². The predicted octanol–water partition coefficient (Wildman–Crippen LogP) is 4.13. The summed E-state index contributed by atoms with van der Waals surface area (Å²) in [6.07, 6.45) is 8.76. The van der Waals surface area contributed by atoms with E-state index in [1.165, 1.54) is 16.7 Å². The van der Waals surface area contributed by atoms with Crippen molar-refractivity contribution in [2.45, 2.75) is 45.9 Å². The van der Waals surface area contributed by atoms with E-state index in [-0.39, 0.29) is 0 Å². The summed E-state index contributed by atoms with van der Waals surface area (Å²) in [6.45, 7) is 7.20. The van der Waals surface area contributed by atoms with Gasteiger partial charge in [-0.05, 0) is 42.2 Å². The molecule has 4 heteroatoms. The van der Waals surface area contributed by atoms with Crippen molar-refractivity contribution in [1.29, 1.82) is 0 Å². The van der Waals surface area contributed by atoms with Gasteiger partial charge in [-0.1, -0.05) is 37.3 Å². The molecule has 0 bridgehead atoms. The Balaban J connectivity index is 1.79. The van der Waals surface area contributed by atoms with Gasteiger partial charge < -0.3 is 0 Å². The number of nitrogens with zero attached hydrogens (tertiary/aromatic N) is 4. The maximum Gasteiger partial charge on any atom is 0.0662 e. The van der Waals surface area contributed by atoms with Gasteiger partial charge in [-0.25, -0.2) is 0 Å². The van der Waals surface area contributed by atoms with E-state index in [9.17, 15) is 0 Å². The maximum absolute atomic E-state index is 4.35. The van der Waals surface area contributed by atoms with Crippen LogP contribution in [0.4, 0.5) is 0 Å². The first kappa shape index (κ1) is 17.4. The van der Waals surface area contributed by atoms with E-state index in [2.05, 4.69) is 59.2 Å². The Morgan fingerprint density at radius 2 is 1.84 bits per heavy atom. The van der Waals surface area contributed by atoms with Gasteiger partial charge in [0.25, 0.3) is 0 Å². The highest BCUT2D eigenvalue weighted by Gasteiger charge is 2.15. The second-order valence-electron chi connectivity index (χ2n) is 6.50. The number of hydrogen-bond acceptors (Lipinski definition) is 3. The molecule has 2 aromatic heterocycles. The zero-order chi connectivity index (χ0) is 17.5. The van der Waals surface area contributed by atoms with Gasteiger partial charge in [-0.2, -0.15) is 5.10 Å². The Hall–Kier alpha value is -2.46. The smallest absolute Gasteiger partial charge is 0.0662 e. The van der Waals surface area contributed by atoms with Gasteiger partial charge >= 0.3 is 0 Å². The fourth-order valence-corrected chi connectivity index (χ4v) is 3.01. The number of aromatic nitrogens is 3. The van der Waals surface area contributed by atoms with Crippen molar-refractivity contribution < 1.29 is 0 Å². The van der Waals surface area contributed by atoms with Crippen molar-refractivity contribution in [3.8, 4) is 0 Å². The molecular formula is C21H26N4. The molecule has 0 radical (unpaired) electrons. The van der Waals surface area contributed by atoms with Crippen molar-refractivity contribution in [2.75, 3.05) is 0 Å². The number of rotatable bonds is 8. The average Bonchev–Trinajstić information content (AvgIpc) is 3.16. The average molecular weight is 334 g/mol. The molecule has 0 amide bonds. The van der Waals surface area contributed by atoms with Crippen molar-refractivity contribution in [3.05, 3.63) is 83.9 Å². The van der Waals surface area contributed by atoms with Crippen LogP contribution < -0.4 is 0 Å². The molecule has 3 rings (SSSR count). The predicted molar refractivity (Wildman–Crippen MR) is 101 cm³/mol. The van der Waals surface area contributed by atoms with Crippen LogP contribution in [0.3, 0.4) is 0 Å². The number of hydrogen-bond donors (Lipinski definition) is 0. The molecule has 0 unspecified atom stereocenters. The zero-order valence-corrected chi connectivity index (χ0v) is 15.0. The lowest BCUT2D eigenvalue weighted by molar-refractivity contribution is 0.185. The Bertz CT molecular complexity index is 753. The molecule has 3 aromatic rings. The van der Waals surface area contributed by atoms with Gasteiger partial charge in [0.15, 0.2) is 0 Å². The summed E-state index contributed by atoms with van der Waals surface area (Å²) in [5.74, 6) is 0. The van der Waals surface area contributed by atoms with Crippen molar-refractivity contribution in [2.24, 2.45) is 0 Å². The van der Waals surface area contributed by atoms with E-state index in [1.54, 1.807) is 0 Å². The first-order valence-electron chi connectivity index (χ1n) is 8.93. The highest BCUT2D eigenvalue weighted by atomic mass is 15.3. The number of benzene rings is 1. The maximum atomic E-state index is 4.35. The molecular weight excluding hydrogens is 308 g/mol. The van der Waals surface area contributed by atoms with E-state index < -0.39 is 0 Å². The Labute approximate surface area is 150 Å². The van der Waals surface area contributed by atoms with Crippen molar-refractivity contribution in [1.82, 2.24) is 19.7 Å². The van der Waals surface area contributed by atoms with E-state index in [0.29, 0.717) is 6.04 Å². The Morgan fingerprint density at radius 3 is 2.52 bits per heavy atom. The molecule has 0 saturated heterocycles. The second-order valence-corrected chi connectivity index (χ2v) is 6.50. The molecule has 2 heterocycles. The molecule has 0 aliphatic carbocycles. The van der Waals surface area contributed by atoms with Crippen LogP contribution in [0.1, 0.15) is 37.0 Å². The molecule has 4 nitrogen and oxygen atoms in total. The summed E-state index contributed by atoms with van der Waals surface area (Å²) in [4.78, 5) is 6.79. The van der Waals surface area contributed by atoms with E-state index in [0.717, 1.165) is 26.1 Å². The van der Waals surface area contributed by atoms with Gasteiger partial charge in [0.2, 0.25) is 0 Å². The minimum absolute atomic E-state index is 0.512. The first-order valence-corrected chi connectivity index (χ1v) is 8.93. The third-order valence-corrected chi connectivity index (χ3v) is 4.71. The zero-order valence-electron chi connectivity index (χ0n) is 15.0. The molecule has 0 spiro atoms. The van der Waals surface area contributed by atoms with Gasteiger partial charge in [0.05, 0.1) is 6.54 Å². The van der Waals surface area contributed by atoms with Gasteiger partial charge in [0.1, 0.15) is 0 Å². The molecule has 0 saturated carbocycles. The largest absolute Gasteiger partial charge is 0.292 e. The molecule has 25 heavy (non-hydrogen) atoms. The van der Waals surface area contributed by atoms with Gasteiger partial charge in [0, 0.05) is 43.9 Å². The highest BCUT2D eigenvalue weighted by molar-refractivity contribution is 5.27. The quantitative estimate of drug-likeness (QED) is 0.621. The summed E-state index contributed by atoms with van der Waals surface area (Å²) in [5, 5.41) is 4.35. The molecule has 1 aromatic carbocycles. The minimum Gasteiger partial charge on any atom is -0.292 e. The van der Waals surface area contributed by atoms with Crippen LogP contribution in [-0.2, 0) is 19.6 Å². The summed E-state index contributed by atoms with van der Waals surface area (Å²) in [6, 6.07) is 15.3. The van der Waals surface area contributed by atoms with E-state index >= 15 is 0 Å². The van der Waals surface area contributed by atoms with Crippen molar-refractivity contribution in [3.63, 3.8) is 0 Å². The summed E-state index contributed by atoms with van der Waals surface area (Å²) in [7, 11) is 0. The lowest BCUT2D eigenvalue weighted by Crippen LogP contribution is -2.32. The fraction of sp³-hybridized carbons (Fsp3) is 0.333. The normalized spacial score (nSPS) is 12.4. The van der Waals surface area contributed by atoms with E-state index in [1.807, 2.05) is 41.6 Å². The van der Waals surface area contributed by atoms with Crippen LogP contribution in [0.15, 0.2) is 67.3 Å². The van der Waals surface area contributed by atoms with Gasteiger partial charge in [-0.15, -0.1) is 0 Å². The fourth-order valence-electron chi connectivity index (χ4n) is 3.01. The third kappa shape index (κ3) is 4.77. The lowest BCUT2D eigenvalue weighted by atomic mass is 10.0. The third-order valence-electron chi connectivity index (χ3n) is 4.71. The van der Waals surface area contributed by atoms with Crippen LogP contribution in [-0.4, -0.2) is 25.7 Å². The van der Waals surface area contributed by atoms with Crippen LogP contribution in [0.25, 0.3) is 0 Å². The van der Waals surface area contributed by atoms with Gasteiger partial charge in [-0.3, -0.25) is 14.6 Å². The summed E-state index contributed by atoms with van der Waals surface area (Å²) < 4.78 is 1.98. The monoisotopic (exact) mass is 334 g/mol. The summed E-state index contributed by atoms with van der Waals surface area (Å²) >= 11 is 0. The summed E-state index contributed by atoms with van der Waals surface area (Å²) in [5.41, 5.74) is 3.94. The molecule has 0 aliphatic heterocycles. The highest BCUT2D eigenvalue weighted by Crippen LogP contribution is 2.18. The molecule has 130 valence electrons. The first-order chi connectivity index (χ1) is 12.3. The lowest BCUT2D eigenvalue weighted by Gasteiger charge is -2.29. The Kier molecular flexibility index (Phi) is 5.96. The Morgan fingerprint density at radius 1 is 1.00 bits per heavy atom.